The molecule has 44 heavy (non-hydrogen) atoms. The second-order valence-electron chi connectivity index (χ2n) is 10.4. The van der Waals surface area contributed by atoms with E-state index in [2.05, 4.69) is 15.6 Å². The Balaban J connectivity index is 1.48. The van der Waals surface area contributed by atoms with Gasteiger partial charge in [-0.3, -0.25) is 14.4 Å². The van der Waals surface area contributed by atoms with Crippen LogP contribution in [0.25, 0.3) is 21.3 Å². The van der Waals surface area contributed by atoms with Gasteiger partial charge in [0.05, 0.1) is 41.0 Å². The summed E-state index contributed by atoms with van der Waals surface area (Å²) in [5.74, 6) is -4.06. The second kappa shape index (κ2) is 12.5. The molecule has 1 saturated carbocycles. The Morgan fingerprint density at radius 3 is 2.48 bits per heavy atom. The van der Waals surface area contributed by atoms with Gasteiger partial charge in [-0.1, -0.05) is 30.3 Å². The molecule has 9 nitrogen and oxygen atoms in total. The number of halogens is 4. The average molecular weight is 651 g/mol. The zero-order chi connectivity index (χ0) is 31.6. The molecule has 1 atom stereocenters. The molecule has 4 aromatic rings. The van der Waals surface area contributed by atoms with Gasteiger partial charge in [-0.25, -0.2) is 17.8 Å². The van der Waals surface area contributed by atoms with Crippen LogP contribution in [0.3, 0.4) is 0 Å². The van der Waals surface area contributed by atoms with E-state index in [1.165, 1.54) is 16.7 Å². The number of carbonyl (C=O) groups is 2. The van der Waals surface area contributed by atoms with Gasteiger partial charge in [-0.2, -0.15) is 13.2 Å². The van der Waals surface area contributed by atoms with Crippen molar-refractivity contribution in [2.45, 2.75) is 43.3 Å². The highest BCUT2D eigenvalue weighted by Crippen LogP contribution is 2.36. The molecule has 2 aromatic carbocycles. The van der Waals surface area contributed by atoms with E-state index in [1.807, 2.05) is 30.3 Å². The summed E-state index contributed by atoms with van der Waals surface area (Å²) in [6.45, 7) is -0.360. The standard InChI is InChI=1S/C29H26F4N4O5S2/c30-21-14-22-23(13-20(21)19-7-4-11-37(28(19)40)16-17-5-2-1-3-6-17)43-27(36-22)25(44(41,42)12-10-29(31,32)33)26(39)34-15-24(38)35-18-8-9-18/h1-7,11,13-14,18,25H,8-10,12,15-16H2,(H,34,39)(H,35,38). The highest BCUT2D eigenvalue weighted by Gasteiger charge is 2.40. The van der Waals surface area contributed by atoms with Crippen molar-refractivity contribution in [1.29, 1.82) is 0 Å². The van der Waals surface area contributed by atoms with Crippen LogP contribution < -0.4 is 16.2 Å². The van der Waals surface area contributed by atoms with Crippen LogP contribution in [0.1, 0.15) is 35.1 Å². The minimum atomic E-state index is -4.81. The summed E-state index contributed by atoms with van der Waals surface area (Å²) in [6, 6.07) is 14.4. The maximum atomic E-state index is 15.4. The molecule has 2 aromatic heterocycles. The number of benzene rings is 2. The molecule has 0 bridgehead atoms. The predicted molar refractivity (Wildman–Crippen MR) is 156 cm³/mol. The number of pyridine rings is 1. The molecule has 1 unspecified atom stereocenters. The van der Waals surface area contributed by atoms with Crippen LogP contribution in [0.5, 0.6) is 0 Å². The van der Waals surface area contributed by atoms with Gasteiger partial charge in [-0.15, -0.1) is 11.3 Å². The lowest BCUT2D eigenvalue weighted by atomic mass is 10.1. The number of rotatable bonds is 11. The first-order valence-electron chi connectivity index (χ1n) is 13.5. The zero-order valence-corrected chi connectivity index (χ0v) is 24.6. The van der Waals surface area contributed by atoms with Gasteiger partial charge in [0.2, 0.25) is 11.8 Å². The molecule has 2 N–H and O–H groups in total. The molecule has 0 spiro atoms. The molecule has 1 aliphatic carbocycles. The summed E-state index contributed by atoms with van der Waals surface area (Å²) >= 11 is 0.671. The normalized spacial score (nSPS) is 14.4. The lowest BCUT2D eigenvalue weighted by Gasteiger charge is -2.16. The molecule has 15 heteroatoms. The summed E-state index contributed by atoms with van der Waals surface area (Å²) in [5, 5.41) is 2.22. The fourth-order valence-electron chi connectivity index (χ4n) is 4.50. The van der Waals surface area contributed by atoms with Crippen molar-refractivity contribution in [1.82, 2.24) is 20.2 Å². The van der Waals surface area contributed by atoms with Crippen LogP contribution in [0.2, 0.25) is 0 Å². The number of alkyl halides is 3. The molecule has 232 valence electrons. The highest BCUT2D eigenvalue weighted by molar-refractivity contribution is 7.92. The average Bonchev–Trinajstić information content (AvgIpc) is 3.69. The zero-order valence-electron chi connectivity index (χ0n) is 22.9. The van der Waals surface area contributed by atoms with Gasteiger partial charge in [0.1, 0.15) is 10.8 Å². The molecule has 0 aliphatic heterocycles. The molecule has 1 fully saturated rings. The van der Waals surface area contributed by atoms with E-state index in [9.17, 15) is 36.0 Å². The van der Waals surface area contributed by atoms with Gasteiger partial charge in [0.25, 0.3) is 5.56 Å². The maximum absolute atomic E-state index is 15.4. The molecule has 2 amide bonds. The molecule has 0 radical (unpaired) electrons. The topological polar surface area (TPSA) is 127 Å². The minimum absolute atomic E-state index is 0.0200. The number of hydrogen-bond acceptors (Lipinski definition) is 7. The molecular formula is C29H26F4N4O5S2. The van der Waals surface area contributed by atoms with Crippen LogP contribution in [0, 0.1) is 5.82 Å². The monoisotopic (exact) mass is 650 g/mol. The Hall–Kier alpha value is -4.11. The van der Waals surface area contributed by atoms with Gasteiger partial charge < -0.3 is 15.2 Å². The van der Waals surface area contributed by atoms with E-state index in [4.69, 9.17) is 0 Å². The smallest absolute Gasteiger partial charge is 0.352 e. The van der Waals surface area contributed by atoms with Crippen molar-refractivity contribution in [3.63, 3.8) is 0 Å². The van der Waals surface area contributed by atoms with E-state index in [0.29, 0.717) is 11.3 Å². The van der Waals surface area contributed by atoms with Gasteiger partial charge >= 0.3 is 6.18 Å². The molecular weight excluding hydrogens is 624 g/mol. The third-order valence-corrected chi connectivity index (χ3v) is 10.0. The Bertz CT molecular complexity index is 1870. The van der Waals surface area contributed by atoms with Crippen molar-refractivity contribution < 1.29 is 35.6 Å². The Morgan fingerprint density at radius 1 is 1.07 bits per heavy atom. The Labute approximate surface area is 252 Å². The summed E-state index contributed by atoms with van der Waals surface area (Å²) in [5.41, 5.74) is 0.220. The Morgan fingerprint density at radius 2 is 1.80 bits per heavy atom. The second-order valence-corrected chi connectivity index (χ2v) is 13.6. The lowest BCUT2D eigenvalue weighted by Crippen LogP contribution is -2.41. The first-order chi connectivity index (χ1) is 20.8. The van der Waals surface area contributed by atoms with Gasteiger partial charge in [-0.05, 0) is 36.6 Å². The maximum Gasteiger partial charge on any atom is 0.390 e. The summed E-state index contributed by atoms with van der Waals surface area (Å²) in [7, 11) is -4.79. The third kappa shape index (κ3) is 7.50. The highest BCUT2D eigenvalue weighted by atomic mass is 32.2. The minimum Gasteiger partial charge on any atom is -0.352 e. The molecule has 1 aliphatic rings. The molecule has 5 rings (SSSR count). The fourth-order valence-corrected chi connectivity index (χ4v) is 7.58. The summed E-state index contributed by atoms with van der Waals surface area (Å²) in [6.07, 6.45) is -3.42. The molecule has 0 saturated heterocycles. The van der Waals surface area contributed by atoms with Gasteiger partial charge in [0, 0.05) is 23.9 Å². The fraction of sp³-hybridized carbons (Fsp3) is 0.310. The summed E-state index contributed by atoms with van der Waals surface area (Å²) < 4.78 is 82.0. The first-order valence-corrected chi connectivity index (χ1v) is 16.0. The number of carbonyl (C=O) groups excluding carboxylic acids is 2. The van der Waals surface area contributed by atoms with Crippen molar-refractivity contribution in [2.24, 2.45) is 0 Å². The first kappa shape index (κ1) is 31.3. The van der Waals surface area contributed by atoms with Gasteiger partial charge in [0.15, 0.2) is 15.1 Å². The molecule has 2 heterocycles. The van der Waals surface area contributed by atoms with Crippen LogP contribution >= 0.6 is 11.3 Å². The largest absolute Gasteiger partial charge is 0.390 e. The Kier molecular flexibility index (Phi) is 8.88. The predicted octanol–water partition coefficient (Wildman–Crippen LogP) is 4.12. The van der Waals surface area contributed by atoms with Crippen molar-refractivity contribution in [3.8, 4) is 11.1 Å². The van der Waals surface area contributed by atoms with Crippen LogP contribution in [-0.4, -0.2) is 54.3 Å². The van der Waals surface area contributed by atoms with Crippen LogP contribution in [0.4, 0.5) is 17.6 Å². The van der Waals surface area contributed by atoms with E-state index in [0.717, 1.165) is 24.5 Å². The van der Waals surface area contributed by atoms with Crippen molar-refractivity contribution >= 4 is 43.2 Å². The van der Waals surface area contributed by atoms with E-state index in [1.54, 1.807) is 12.3 Å². The van der Waals surface area contributed by atoms with E-state index < -0.39 is 68.2 Å². The van der Waals surface area contributed by atoms with Crippen molar-refractivity contribution in [3.05, 3.63) is 87.5 Å². The number of fused-ring (bicyclic) bond motifs is 1. The lowest BCUT2D eigenvalue weighted by molar-refractivity contribution is -0.130. The van der Waals surface area contributed by atoms with E-state index in [-0.39, 0.29) is 33.9 Å². The number of aromatic nitrogens is 2. The van der Waals surface area contributed by atoms with Crippen molar-refractivity contribution in [2.75, 3.05) is 12.3 Å². The number of thiazole rings is 1. The van der Waals surface area contributed by atoms with E-state index >= 15 is 4.39 Å². The van der Waals surface area contributed by atoms with Crippen LogP contribution in [0.15, 0.2) is 65.6 Å². The number of sulfone groups is 1. The van der Waals surface area contributed by atoms with Crippen LogP contribution in [-0.2, 0) is 26.0 Å². The number of amides is 2. The number of nitrogens with zero attached hydrogens (tertiary/aromatic N) is 2. The number of nitrogens with one attached hydrogen (secondary N) is 2. The quantitative estimate of drug-likeness (QED) is 0.235. The summed E-state index contributed by atoms with van der Waals surface area (Å²) in [4.78, 5) is 42.5. The SMILES string of the molecule is O=C(CNC(=O)C(c1nc2cc(F)c(-c3cccn(Cc4ccccc4)c3=O)cc2s1)S(=O)(=O)CCC(F)(F)F)NC1CC1. The number of hydrogen-bond donors (Lipinski definition) is 2. The third-order valence-electron chi connectivity index (χ3n) is 6.86.